The SMILES string of the molecule is CC1(C)O[C@@H]2[C@@H](O1)[C@@H](Cc1ccccc1)N(CC#Cc1ccsc1)C(=O)N(CC#Cc1ccsc1)[C@@H]2Cc1ccccc1. The van der Waals surface area contributed by atoms with Crippen LogP contribution in [-0.4, -0.2) is 59.0 Å². The number of benzene rings is 2. The Balaban J connectivity index is 1.43. The van der Waals surface area contributed by atoms with Gasteiger partial charge in [0.2, 0.25) is 0 Å². The van der Waals surface area contributed by atoms with Crippen LogP contribution in [0.2, 0.25) is 0 Å². The number of urea groups is 1. The Morgan fingerprint density at radius 1 is 0.698 bits per heavy atom. The fourth-order valence-corrected chi connectivity index (χ4v) is 7.05. The Hall–Kier alpha value is -3.85. The van der Waals surface area contributed by atoms with Gasteiger partial charge in [0.15, 0.2) is 5.79 Å². The minimum Gasteiger partial charge on any atom is -0.342 e. The summed E-state index contributed by atoms with van der Waals surface area (Å²) in [7, 11) is 0. The van der Waals surface area contributed by atoms with Crippen molar-refractivity contribution in [2.24, 2.45) is 0 Å². The van der Waals surface area contributed by atoms with Crippen molar-refractivity contribution in [2.75, 3.05) is 13.1 Å². The summed E-state index contributed by atoms with van der Waals surface area (Å²) in [5, 5.41) is 8.07. The predicted molar refractivity (Wildman–Crippen MR) is 173 cm³/mol. The van der Waals surface area contributed by atoms with Crippen molar-refractivity contribution in [1.82, 2.24) is 9.80 Å². The summed E-state index contributed by atoms with van der Waals surface area (Å²) in [6.07, 6.45) is 0.538. The molecule has 0 radical (unpaired) electrons. The highest BCUT2D eigenvalue weighted by Crippen LogP contribution is 2.39. The minimum atomic E-state index is -0.804. The number of fused-ring (bicyclic) bond motifs is 1. The van der Waals surface area contributed by atoms with Gasteiger partial charge in [-0.3, -0.25) is 0 Å². The fourth-order valence-electron chi connectivity index (χ4n) is 5.87. The van der Waals surface area contributed by atoms with Crippen LogP contribution in [-0.2, 0) is 22.3 Å². The van der Waals surface area contributed by atoms with Crippen LogP contribution < -0.4 is 0 Å². The molecule has 0 spiro atoms. The van der Waals surface area contributed by atoms with Crippen LogP contribution in [0.3, 0.4) is 0 Å². The molecule has 2 aliphatic rings. The van der Waals surface area contributed by atoms with Crippen molar-refractivity contribution in [3.63, 3.8) is 0 Å². The van der Waals surface area contributed by atoms with E-state index in [2.05, 4.69) is 47.9 Å². The smallest absolute Gasteiger partial charge is 0.322 e. The molecule has 43 heavy (non-hydrogen) atoms. The number of carbonyl (C=O) groups is 1. The molecule has 2 amide bonds. The first-order valence-corrected chi connectivity index (χ1v) is 16.4. The highest BCUT2D eigenvalue weighted by Gasteiger charge is 2.55. The van der Waals surface area contributed by atoms with Crippen molar-refractivity contribution < 1.29 is 14.3 Å². The van der Waals surface area contributed by atoms with Crippen LogP contribution in [0.5, 0.6) is 0 Å². The first-order chi connectivity index (χ1) is 21.0. The summed E-state index contributed by atoms with van der Waals surface area (Å²) in [6.45, 7) is 4.46. The van der Waals surface area contributed by atoms with E-state index in [-0.39, 0.29) is 43.4 Å². The summed E-state index contributed by atoms with van der Waals surface area (Å²) in [6, 6.07) is 23.9. The maximum Gasteiger partial charge on any atom is 0.322 e. The molecule has 7 heteroatoms. The standard InChI is InChI=1S/C36H34N2O3S2/c1-36(2)40-33-31(23-27-11-5-3-6-12-27)37(19-9-15-29-17-21-42-25-29)35(39)38(20-10-16-30-18-22-43-26-30)32(34(33)41-36)24-28-13-7-4-8-14-28/h3-8,11-14,17-18,21-22,25-26,31-34H,19-20,23-24H2,1-2H3/t31-,32-,33+,34+/m1/s1. The number of carbonyl (C=O) groups excluding carboxylic acids is 1. The summed E-state index contributed by atoms with van der Waals surface area (Å²) in [5.74, 6) is 12.3. The van der Waals surface area contributed by atoms with E-state index < -0.39 is 5.79 Å². The van der Waals surface area contributed by atoms with E-state index in [0.717, 1.165) is 22.3 Å². The van der Waals surface area contributed by atoms with Crippen molar-refractivity contribution in [3.8, 4) is 23.7 Å². The Kier molecular flexibility index (Phi) is 8.98. The van der Waals surface area contributed by atoms with Crippen LogP contribution in [0.15, 0.2) is 94.3 Å². The van der Waals surface area contributed by atoms with Crippen molar-refractivity contribution in [2.45, 2.75) is 56.8 Å². The Morgan fingerprint density at radius 3 is 1.53 bits per heavy atom. The van der Waals surface area contributed by atoms with E-state index in [1.54, 1.807) is 22.7 Å². The molecule has 4 heterocycles. The quantitative estimate of drug-likeness (QED) is 0.230. The normalized spacial score (nSPS) is 22.6. The third-order valence-electron chi connectivity index (χ3n) is 7.80. The zero-order chi connectivity index (χ0) is 29.6. The van der Waals surface area contributed by atoms with Gasteiger partial charge in [0.25, 0.3) is 0 Å². The predicted octanol–water partition coefficient (Wildman–Crippen LogP) is 6.69. The van der Waals surface area contributed by atoms with Crippen LogP contribution in [0.25, 0.3) is 0 Å². The van der Waals surface area contributed by atoms with Gasteiger partial charge in [-0.05, 0) is 60.7 Å². The maximum atomic E-state index is 14.7. The number of thiophene rings is 2. The van der Waals surface area contributed by atoms with E-state index >= 15 is 0 Å². The Morgan fingerprint density at radius 2 is 1.14 bits per heavy atom. The molecule has 6 rings (SSSR count). The summed E-state index contributed by atoms with van der Waals surface area (Å²) in [5.41, 5.74) is 4.17. The number of hydrogen-bond acceptors (Lipinski definition) is 5. The van der Waals surface area contributed by atoms with Gasteiger partial charge < -0.3 is 19.3 Å². The molecular formula is C36H34N2O3S2. The van der Waals surface area contributed by atoms with E-state index in [0.29, 0.717) is 12.8 Å². The average molecular weight is 607 g/mol. The lowest BCUT2D eigenvalue weighted by Gasteiger charge is -2.35. The lowest BCUT2D eigenvalue weighted by Crippen LogP contribution is -2.52. The zero-order valence-corrected chi connectivity index (χ0v) is 25.9. The molecule has 2 aromatic carbocycles. The van der Waals surface area contributed by atoms with Gasteiger partial charge in [-0.2, -0.15) is 22.7 Å². The second-order valence-corrected chi connectivity index (χ2v) is 12.8. The molecule has 0 unspecified atom stereocenters. The number of nitrogens with zero attached hydrogens (tertiary/aromatic N) is 2. The van der Waals surface area contributed by atoms with Crippen LogP contribution >= 0.6 is 22.7 Å². The van der Waals surface area contributed by atoms with Gasteiger partial charge in [-0.1, -0.05) is 84.3 Å². The highest BCUT2D eigenvalue weighted by molar-refractivity contribution is 7.08. The molecule has 4 atom stereocenters. The first-order valence-electron chi connectivity index (χ1n) is 14.5. The highest BCUT2D eigenvalue weighted by atomic mass is 32.1. The lowest BCUT2D eigenvalue weighted by molar-refractivity contribution is -0.156. The maximum absolute atomic E-state index is 14.7. The van der Waals surface area contributed by atoms with Crippen molar-refractivity contribution >= 4 is 28.7 Å². The van der Waals surface area contributed by atoms with Gasteiger partial charge in [0, 0.05) is 21.9 Å². The molecule has 2 fully saturated rings. The molecule has 0 saturated carbocycles. The molecule has 2 saturated heterocycles. The third kappa shape index (κ3) is 7.04. The van der Waals surface area contributed by atoms with Gasteiger partial charge in [-0.15, -0.1) is 0 Å². The molecule has 0 bridgehead atoms. The first kappa shape index (κ1) is 29.2. The van der Waals surface area contributed by atoms with E-state index in [1.807, 2.05) is 93.7 Å². The third-order valence-corrected chi connectivity index (χ3v) is 9.16. The molecule has 0 aliphatic carbocycles. The molecule has 2 aliphatic heterocycles. The molecule has 0 N–H and O–H groups in total. The Bertz CT molecular complexity index is 1490. The fraction of sp³-hybridized carbons (Fsp3) is 0.306. The van der Waals surface area contributed by atoms with Gasteiger partial charge >= 0.3 is 6.03 Å². The molecule has 5 nitrogen and oxygen atoms in total. The van der Waals surface area contributed by atoms with E-state index in [1.165, 1.54) is 0 Å². The van der Waals surface area contributed by atoms with E-state index in [4.69, 9.17) is 9.47 Å². The molecule has 4 aromatic rings. The zero-order valence-electron chi connectivity index (χ0n) is 24.3. The molecule has 218 valence electrons. The topological polar surface area (TPSA) is 42.0 Å². The molecular weight excluding hydrogens is 573 g/mol. The van der Waals surface area contributed by atoms with Crippen LogP contribution in [0, 0.1) is 23.7 Å². The monoisotopic (exact) mass is 606 g/mol. The summed E-state index contributed by atoms with van der Waals surface area (Å²) in [4.78, 5) is 18.5. The van der Waals surface area contributed by atoms with Gasteiger partial charge in [0.05, 0.1) is 25.2 Å². The van der Waals surface area contributed by atoms with Crippen LogP contribution in [0.4, 0.5) is 4.79 Å². The van der Waals surface area contributed by atoms with Crippen LogP contribution in [0.1, 0.15) is 36.1 Å². The van der Waals surface area contributed by atoms with Gasteiger partial charge in [0.1, 0.15) is 12.2 Å². The molecule has 2 aromatic heterocycles. The number of rotatable bonds is 6. The summed E-state index contributed by atoms with van der Waals surface area (Å²) < 4.78 is 13.4. The number of amides is 2. The summed E-state index contributed by atoms with van der Waals surface area (Å²) >= 11 is 3.22. The Labute approximate surface area is 262 Å². The second-order valence-electron chi connectivity index (χ2n) is 11.2. The van der Waals surface area contributed by atoms with E-state index in [9.17, 15) is 4.79 Å². The second kappa shape index (κ2) is 13.2. The number of ether oxygens (including phenoxy) is 2. The largest absolute Gasteiger partial charge is 0.342 e. The van der Waals surface area contributed by atoms with Crippen molar-refractivity contribution in [3.05, 3.63) is 117 Å². The van der Waals surface area contributed by atoms with Gasteiger partial charge in [-0.25, -0.2) is 4.79 Å². The lowest BCUT2D eigenvalue weighted by atomic mass is 9.91. The van der Waals surface area contributed by atoms with Crippen molar-refractivity contribution in [1.29, 1.82) is 0 Å². The minimum absolute atomic E-state index is 0.0968. The average Bonchev–Trinajstić information content (AvgIpc) is 3.78. The number of hydrogen-bond donors (Lipinski definition) is 0.